The highest BCUT2D eigenvalue weighted by atomic mass is 32.1. The summed E-state index contributed by atoms with van der Waals surface area (Å²) >= 11 is 1.52. The summed E-state index contributed by atoms with van der Waals surface area (Å²) in [5.41, 5.74) is 12.6. The molecule has 0 radical (unpaired) electrons. The van der Waals surface area contributed by atoms with Crippen molar-refractivity contribution in [2.45, 2.75) is 125 Å². The third-order valence-corrected chi connectivity index (χ3v) is 13.3. The van der Waals surface area contributed by atoms with Gasteiger partial charge in [-0.2, -0.15) is 0 Å². The van der Waals surface area contributed by atoms with E-state index in [0.717, 1.165) is 88.6 Å². The number of fused-ring (bicyclic) bond motifs is 1. The van der Waals surface area contributed by atoms with Crippen LogP contribution in [0.25, 0.3) is 60.4 Å². The Morgan fingerprint density at radius 2 is 1.46 bits per heavy atom. The Hall–Kier alpha value is -5.58. The van der Waals surface area contributed by atoms with Crippen molar-refractivity contribution < 1.29 is 19.4 Å². The summed E-state index contributed by atoms with van der Waals surface area (Å²) in [6.07, 6.45) is 18.4. The Kier molecular flexibility index (Phi) is 17.3. The summed E-state index contributed by atoms with van der Waals surface area (Å²) in [6.45, 7) is 22.2. The number of rotatable bonds is 24. The highest BCUT2D eigenvalue weighted by Crippen LogP contribution is 2.45. The SMILES string of the molecule is [C-]#[N+]/C(=C\c1ccc(-c2c(-c3ccc(-c4ccc(OCCCCCC)cc4OCCCCCC)cc3)c(CC(CC)CCCC)c3cc(-c4ccc(C)cc4C)ccn23)s1)C(=O)O. The number of unbranched alkanes of at least 4 members (excludes halogenated alkanes) is 7. The van der Waals surface area contributed by atoms with Crippen LogP contribution in [0.15, 0.2) is 96.8 Å². The van der Waals surface area contributed by atoms with Crippen molar-refractivity contribution in [1.29, 1.82) is 0 Å². The average molecular weight is 863 g/mol. The molecule has 0 fully saturated rings. The van der Waals surface area contributed by atoms with Gasteiger partial charge in [0.25, 0.3) is 5.70 Å². The molecule has 3 aromatic heterocycles. The minimum absolute atomic E-state index is 0.296. The van der Waals surface area contributed by atoms with Crippen molar-refractivity contribution in [2.75, 3.05) is 13.2 Å². The number of benzene rings is 3. The summed E-state index contributed by atoms with van der Waals surface area (Å²) in [7, 11) is 0. The number of nitrogens with zero attached hydrogens (tertiary/aromatic N) is 2. The van der Waals surface area contributed by atoms with Crippen molar-refractivity contribution in [3.8, 4) is 55.5 Å². The Balaban J connectivity index is 1.51. The van der Waals surface area contributed by atoms with Crippen LogP contribution < -0.4 is 9.47 Å². The van der Waals surface area contributed by atoms with Crippen LogP contribution in [0.2, 0.25) is 0 Å². The third-order valence-electron chi connectivity index (χ3n) is 12.2. The van der Waals surface area contributed by atoms with E-state index in [9.17, 15) is 9.90 Å². The molecular weight excluding hydrogens is 797 g/mol. The van der Waals surface area contributed by atoms with E-state index in [0.29, 0.717) is 19.1 Å². The molecule has 6 aromatic rings. The zero-order valence-electron chi connectivity index (χ0n) is 38.4. The van der Waals surface area contributed by atoms with Gasteiger partial charge < -0.3 is 19.0 Å². The molecule has 0 aliphatic heterocycles. The molecule has 1 N–H and O–H groups in total. The van der Waals surface area contributed by atoms with Crippen LogP contribution >= 0.6 is 11.3 Å². The second-order valence-electron chi connectivity index (χ2n) is 17.0. The summed E-state index contributed by atoms with van der Waals surface area (Å²) < 4.78 is 15.1. The molecule has 0 bridgehead atoms. The number of ether oxygens (including phenoxy) is 2. The largest absolute Gasteiger partial charge is 0.493 e. The quantitative estimate of drug-likeness (QED) is 0.0374. The number of carboxylic acids is 1. The van der Waals surface area contributed by atoms with Crippen LogP contribution in [0.5, 0.6) is 11.5 Å². The van der Waals surface area contributed by atoms with Gasteiger partial charge in [0.15, 0.2) is 0 Å². The van der Waals surface area contributed by atoms with Gasteiger partial charge in [0.1, 0.15) is 11.5 Å². The standard InChI is InChI=1S/C56H66N2O4S/c1-8-12-15-17-32-61-45-25-28-48(52(37-45)62-33-18-16-13-9-2)42-21-23-43(24-22-42)54-49(35-41(11-4)19-14-10-3)51-36-44(47-27-20-39(5)34-40(47)6)30-31-58(51)55(54)53-29-26-46(63-53)38-50(57-7)56(59)60/h20-31,34,36-38,41H,8-19,32-33,35H2,1-6H3,(H,59,60)/b50-38-. The van der Waals surface area contributed by atoms with E-state index in [2.05, 4.69) is 136 Å². The maximum absolute atomic E-state index is 11.9. The predicted octanol–water partition coefficient (Wildman–Crippen LogP) is 16.3. The van der Waals surface area contributed by atoms with E-state index in [-0.39, 0.29) is 5.70 Å². The predicted molar refractivity (Wildman–Crippen MR) is 265 cm³/mol. The number of aryl methyl sites for hydroxylation is 2. The molecule has 0 spiro atoms. The van der Waals surface area contributed by atoms with Gasteiger partial charge in [-0.15, -0.1) is 11.3 Å². The molecule has 0 saturated carbocycles. The molecule has 330 valence electrons. The molecule has 6 nitrogen and oxygen atoms in total. The molecule has 1 unspecified atom stereocenters. The maximum Gasteiger partial charge on any atom is 0.333 e. The zero-order chi connectivity index (χ0) is 44.7. The summed E-state index contributed by atoms with van der Waals surface area (Å²) in [5, 5.41) is 9.69. The van der Waals surface area contributed by atoms with E-state index in [1.54, 1.807) is 0 Å². The number of aliphatic carboxylic acids is 1. The van der Waals surface area contributed by atoms with Gasteiger partial charge in [0.2, 0.25) is 0 Å². The second-order valence-corrected chi connectivity index (χ2v) is 18.1. The molecule has 0 aliphatic carbocycles. The van der Waals surface area contributed by atoms with Crippen molar-refractivity contribution in [3.63, 3.8) is 0 Å². The molecule has 0 saturated heterocycles. The fourth-order valence-electron chi connectivity index (χ4n) is 8.65. The number of pyridine rings is 1. The highest BCUT2D eigenvalue weighted by Gasteiger charge is 2.25. The van der Waals surface area contributed by atoms with E-state index >= 15 is 0 Å². The first-order chi connectivity index (χ1) is 30.7. The topological polar surface area (TPSA) is 64.5 Å². The summed E-state index contributed by atoms with van der Waals surface area (Å²) in [5.74, 6) is 0.981. The van der Waals surface area contributed by atoms with E-state index in [1.165, 1.54) is 94.8 Å². The number of hydrogen-bond acceptors (Lipinski definition) is 4. The highest BCUT2D eigenvalue weighted by molar-refractivity contribution is 7.16. The zero-order valence-corrected chi connectivity index (χ0v) is 39.2. The van der Waals surface area contributed by atoms with Gasteiger partial charge in [-0.05, 0) is 115 Å². The molecular formula is C56H66N2O4S. The Morgan fingerprint density at radius 1 is 0.762 bits per heavy atom. The van der Waals surface area contributed by atoms with Crippen LogP contribution in [0, 0.1) is 26.3 Å². The molecule has 3 aromatic carbocycles. The van der Waals surface area contributed by atoms with Crippen LogP contribution in [0.4, 0.5) is 0 Å². The number of thiophene rings is 1. The van der Waals surface area contributed by atoms with Gasteiger partial charge in [-0.1, -0.05) is 140 Å². The normalized spacial score (nSPS) is 12.1. The van der Waals surface area contributed by atoms with E-state index in [1.807, 2.05) is 6.07 Å². The molecule has 6 rings (SSSR count). The van der Waals surface area contributed by atoms with Crippen molar-refractivity contribution in [2.24, 2.45) is 5.92 Å². The van der Waals surface area contributed by atoms with Crippen molar-refractivity contribution in [3.05, 3.63) is 130 Å². The lowest BCUT2D eigenvalue weighted by molar-refractivity contribution is -0.132. The summed E-state index contributed by atoms with van der Waals surface area (Å²) in [4.78, 5) is 16.9. The Morgan fingerprint density at radius 3 is 2.13 bits per heavy atom. The number of carbonyl (C=O) groups is 1. The Bertz CT molecular complexity index is 2520. The lowest BCUT2D eigenvalue weighted by atomic mass is 9.88. The number of hydrogen-bond donors (Lipinski definition) is 1. The van der Waals surface area contributed by atoms with Crippen LogP contribution in [0.3, 0.4) is 0 Å². The Labute approximate surface area is 380 Å². The molecule has 0 aliphatic rings. The average Bonchev–Trinajstić information content (AvgIpc) is 3.88. The lowest BCUT2D eigenvalue weighted by Crippen LogP contribution is -2.04. The lowest BCUT2D eigenvalue weighted by Gasteiger charge is -2.17. The molecule has 1 atom stereocenters. The monoisotopic (exact) mass is 862 g/mol. The smallest absolute Gasteiger partial charge is 0.333 e. The van der Waals surface area contributed by atoms with Crippen LogP contribution in [-0.2, 0) is 11.2 Å². The molecule has 0 amide bonds. The van der Waals surface area contributed by atoms with Crippen LogP contribution in [-0.4, -0.2) is 28.7 Å². The van der Waals surface area contributed by atoms with Crippen molar-refractivity contribution >= 4 is 28.9 Å². The van der Waals surface area contributed by atoms with Gasteiger partial charge in [0, 0.05) is 28.3 Å². The minimum atomic E-state index is -1.22. The van der Waals surface area contributed by atoms with Crippen LogP contribution in [0.1, 0.15) is 126 Å². The molecule has 3 heterocycles. The first-order valence-electron chi connectivity index (χ1n) is 23.4. The van der Waals surface area contributed by atoms with Gasteiger partial charge in [0.05, 0.1) is 35.9 Å². The minimum Gasteiger partial charge on any atom is -0.493 e. The van der Waals surface area contributed by atoms with Gasteiger partial charge in [-0.3, -0.25) is 4.79 Å². The third kappa shape index (κ3) is 11.9. The van der Waals surface area contributed by atoms with Gasteiger partial charge >= 0.3 is 5.97 Å². The maximum atomic E-state index is 11.9. The van der Waals surface area contributed by atoms with Crippen molar-refractivity contribution in [1.82, 2.24) is 4.40 Å². The molecule has 7 heteroatoms. The fourth-order valence-corrected chi connectivity index (χ4v) is 9.64. The number of aromatic nitrogens is 1. The van der Waals surface area contributed by atoms with Gasteiger partial charge in [-0.25, -0.2) is 4.85 Å². The van der Waals surface area contributed by atoms with E-state index in [4.69, 9.17) is 16.0 Å². The van der Waals surface area contributed by atoms with E-state index < -0.39 is 5.97 Å². The fraction of sp³-hybridized carbons (Fsp3) is 0.393. The molecule has 63 heavy (non-hydrogen) atoms. The first-order valence-corrected chi connectivity index (χ1v) is 24.2. The second kappa shape index (κ2) is 23.2. The number of carboxylic acid groups (broad SMARTS) is 1. The summed E-state index contributed by atoms with van der Waals surface area (Å²) in [6, 6.07) is 30.5. The first kappa shape index (κ1) is 46.9.